The van der Waals surface area contributed by atoms with Gasteiger partial charge in [-0.3, -0.25) is 4.68 Å². The van der Waals surface area contributed by atoms with Crippen LogP contribution in [0.25, 0.3) is 0 Å². The summed E-state index contributed by atoms with van der Waals surface area (Å²) in [7, 11) is 0. The molecule has 0 aliphatic rings. The molecule has 0 radical (unpaired) electrons. The van der Waals surface area contributed by atoms with Gasteiger partial charge in [0.15, 0.2) is 0 Å². The van der Waals surface area contributed by atoms with Crippen molar-refractivity contribution in [3.8, 4) is 0 Å². The minimum atomic E-state index is -4.32. The molecule has 0 fully saturated rings. The van der Waals surface area contributed by atoms with Crippen LogP contribution in [0.3, 0.4) is 0 Å². The normalized spacial score (nSPS) is 13.4. The van der Waals surface area contributed by atoms with Crippen LogP contribution in [0.1, 0.15) is 35.5 Å². The number of rotatable bonds is 4. The summed E-state index contributed by atoms with van der Waals surface area (Å²) in [5.41, 5.74) is 8.02. The van der Waals surface area contributed by atoms with Crippen LogP contribution in [-0.2, 0) is 19.1 Å². The maximum Gasteiger partial charge on any atom is 0.416 e. The first-order chi connectivity index (χ1) is 9.81. The Morgan fingerprint density at radius 2 is 1.86 bits per heavy atom. The van der Waals surface area contributed by atoms with E-state index < -0.39 is 11.7 Å². The highest BCUT2D eigenvalue weighted by molar-refractivity contribution is 5.27. The molecule has 114 valence electrons. The van der Waals surface area contributed by atoms with Gasteiger partial charge in [-0.05, 0) is 37.6 Å². The molecular formula is C15H18F3N3. The largest absolute Gasteiger partial charge is 0.416 e. The molecule has 2 rings (SSSR count). The maximum atomic E-state index is 12.5. The average Bonchev–Trinajstić information content (AvgIpc) is 2.78. The number of halogens is 3. The van der Waals surface area contributed by atoms with Crippen LogP contribution in [0.15, 0.2) is 30.3 Å². The third-order valence-electron chi connectivity index (χ3n) is 3.38. The predicted molar refractivity (Wildman–Crippen MR) is 74.7 cm³/mol. The van der Waals surface area contributed by atoms with Gasteiger partial charge in [-0.25, -0.2) is 0 Å². The molecule has 0 spiro atoms. The van der Waals surface area contributed by atoms with Crippen molar-refractivity contribution in [1.29, 1.82) is 0 Å². The Morgan fingerprint density at radius 1 is 1.24 bits per heavy atom. The van der Waals surface area contributed by atoms with Crippen LogP contribution in [0.4, 0.5) is 13.2 Å². The molecule has 0 aliphatic heterocycles. The van der Waals surface area contributed by atoms with Gasteiger partial charge in [0.1, 0.15) is 0 Å². The molecule has 0 amide bonds. The molecule has 6 heteroatoms. The Morgan fingerprint density at radius 3 is 2.38 bits per heavy atom. The van der Waals surface area contributed by atoms with E-state index in [0.717, 1.165) is 30.1 Å². The quantitative estimate of drug-likeness (QED) is 0.939. The maximum absolute atomic E-state index is 12.5. The molecule has 0 bridgehead atoms. The van der Waals surface area contributed by atoms with Crippen molar-refractivity contribution in [3.63, 3.8) is 0 Å². The zero-order chi connectivity index (χ0) is 15.6. The van der Waals surface area contributed by atoms with E-state index in [0.29, 0.717) is 12.0 Å². The van der Waals surface area contributed by atoms with E-state index in [9.17, 15) is 13.2 Å². The second-order valence-electron chi connectivity index (χ2n) is 5.02. The summed E-state index contributed by atoms with van der Waals surface area (Å²) < 4.78 is 39.4. The zero-order valence-electron chi connectivity index (χ0n) is 12.0. The summed E-state index contributed by atoms with van der Waals surface area (Å²) in [4.78, 5) is 0. The first kappa shape index (κ1) is 15.6. The summed E-state index contributed by atoms with van der Waals surface area (Å²) in [5, 5.41) is 4.33. The number of hydrogen-bond donors (Lipinski definition) is 1. The van der Waals surface area contributed by atoms with Crippen LogP contribution >= 0.6 is 0 Å². The lowest BCUT2D eigenvalue weighted by Crippen LogP contribution is -2.16. The highest BCUT2D eigenvalue weighted by Gasteiger charge is 2.30. The summed E-state index contributed by atoms with van der Waals surface area (Å²) in [6.07, 6.45) is -3.78. The van der Waals surface area contributed by atoms with Gasteiger partial charge >= 0.3 is 6.18 Å². The first-order valence-corrected chi connectivity index (χ1v) is 6.77. The van der Waals surface area contributed by atoms with Crippen molar-refractivity contribution >= 4 is 0 Å². The summed E-state index contributed by atoms with van der Waals surface area (Å²) in [6.45, 7) is 4.63. The summed E-state index contributed by atoms with van der Waals surface area (Å²) in [6, 6.07) is 6.61. The number of aromatic nitrogens is 2. The fourth-order valence-corrected chi connectivity index (χ4v) is 2.30. The van der Waals surface area contributed by atoms with Gasteiger partial charge in [0.05, 0.1) is 11.3 Å². The monoisotopic (exact) mass is 297 g/mol. The second-order valence-corrected chi connectivity index (χ2v) is 5.02. The van der Waals surface area contributed by atoms with Gasteiger partial charge in [0, 0.05) is 24.7 Å². The number of benzene rings is 1. The smallest absolute Gasteiger partial charge is 0.324 e. The van der Waals surface area contributed by atoms with Crippen LogP contribution in [0, 0.1) is 6.92 Å². The van der Waals surface area contributed by atoms with E-state index in [2.05, 4.69) is 5.10 Å². The van der Waals surface area contributed by atoms with Crippen molar-refractivity contribution in [2.45, 2.75) is 39.0 Å². The van der Waals surface area contributed by atoms with Gasteiger partial charge in [-0.15, -0.1) is 0 Å². The lowest BCUT2D eigenvalue weighted by atomic mass is 10.0. The van der Waals surface area contributed by atoms with Crippen molar-refractivity contribution in [1.82, 2.24) is 9.78 Å². The Hall–Kier alpha value is -1.82. The fourth-order valence-electron chi connectivity index (χ4n) is 2.30. The molecule has 0 aliphatic carbocycles. The van der Waals surface area contributed by atoms with Gasteiger partial charge in [0.25, 0.3) is 0 Å². The van der Waals surface area contributed by atoms with Gasteiger partial charge in [-0.2, -0.15) is 18.3 Å². The lowest BCUT2D eigenvalue weighted by molar-refractivity contribution is -0.137. The van der Waals surface area contributed by atoms with Crippen molar-refractivity contribution in [3.05, 3.63) is 52.8 Å². The Kier molecular flexibility index (Phi) is 4.37. The van der Waals surface area contributed by atoms with E-state index in [1.165, 1.54) is 12.1 Å². The summed E-state index contributed by atoms with van der Waals surface area (Å²) >= 11 is 0. The SMILES string of the molecule is CCn1nc(C)cc1CC(N)c1ccc(C(F)(F)F)cc1. The van der Waals surface area contributed by atoms with Crippen molar-refractivity contribution < 1.29 is 13.2 Å². The minimum Gasteiger partial charge on any atom is -0.324 e. The van der Waals surface area contributed by atoms with E-state index in [-0.39, 0.29) is 6.04 Å². The number of aryl methyl sites for hydroxylation is 2. The van der Waals surface area contributed by atoms with Crippen LogP contribution in [-0.4, -0.2) is 9.78 Å². The molecule has 21 heavy (non-hydrogen) atoms. The fraction of sp³-hybridized carbons (Fsp3) is 0.400. The number of alkyl halides is 3. The van der Waals surface area contributed by atoms with E-state index in [4.69, 9.17) is 5.73 Å². The molecule has 0 saturated carbocycles. The summed E-state index contributed by atoms with van der Waals surface area (Å²) in [5.74, 6) is 0. The molecule has 2 aromatic rings. The minimum absolute atomic E-state index is 0.353. The van der Waals surface area contributed by atoms with E-state index in [1.54, 1.807) is 0 Å². The number of hydrogen-bond acceptors (Lipinski definition) is 2. The molecule has 1 atom stereocenters. The molecule has 1 heterocycles. The van der Waals surface area contributed by atoms with Crippen LogP contribution in [0.5, 0.6) is 0 Å². The standard InChI is InChI=1S/C15H18F3N3/c1-3-21-13(8-10(2)20-21)9-14(19)11-4-6-12(7-5-11)15(16,17)18/h4-8,14H,3,9,19H2,1-2H3. The highest BCUT2D eigenvalue weighted by Crippen LogP contribution is 2.30. The average molecular weight is 297 g/mol. The van der Waals surface area contributed by atoms with Crippen LogP contribution in [0.2, 0.25) is 0 Å². The molecule has 2 N–H and O–H groups in total. The Labute approximate surface area is 121 Å². The van der Waals surface area contributed by atoms with Gasteiger partial charge < -0.3 is 5.73 Å². The van der Waals surface area contributed by atoms with Gasteiger partial charge in [0.2, 0.25) is 0 Å². The third-order valence-corrected chi connectivity index (χ3v) is 3.38. The molecule has 0 saturated heterocycles. The Bertz CT molecular complexity index is 600. The molecule has 1 aromatic carbocycles. The predicted octanol–water partition coefficient (Wildman–Crippen LogP) is 3.47. The molecule has 1 aromatic heterocycles. The number of nitrogens with two attached hydrogens (primary N) is 1. The third kappa shape index (κ3) is 3.64. The molecule has 1 unspecified atom stereocenters. The van der Waals surface area contributed by atoms with E-state index >= 15 is 0 Å². The highest BCUT2D eigenvalue weighted by atomic mass is 19.4. The van der Waals surface area contributed by atoms with E-state index in [1.807, 2.05) is 24.6 Å². The van der Waals surface area contributed by atoms with Gasteiger partial charge in [-0.1, -0.05) is 12.1 Å². The second kappa shape index (κ2) is 5.89. The Balaban J connectivity index is 2.15. The topological polar surface area (TPSA) is 43.8 Å². The van der Waals surface area contributed by atoms with Crippen molar-refractivity contribution in [2.75, 3.05) is 0 Å². The van der Waals surface area contributed by atoms with Crippen LogP contribution < -0.4 is 5.73 Å². The molecular weight excluding hydrogens is 279 g/mol. The zero-order valence-corrected chi connectivity index (χ0v) is 12.0. The van der Waals surface area contributed by atoms with Crippen molar-refractivity contribution in [2.24, 2.45) is 5.73 Å². The lowest BCUT2D eigenvalue weighted by Gasteiger charge is -2.14. The first-order valence-electron chi connectivity index (χ1n) is 6.77. The molecule has 3 nitrogen and oxygen atoms in total. The number of nitrogens with zero attached hydrogens (tertiary/aromatic N) is 2.